The molecule has 0 N–H and O–H groups in total. The number of ether oxygens (including phenoxy) is 2. The third kappa shape index (κ3) is 2.91. The summed E-state index contributed by atoms with van der Waals surface area (Å²) in [4.78, 5) is 0.382. The van der Waals surface area contributed by atoms with E-state index in [-0.39, 0.29) is 15.5 Å². The number of sulfone groups is 1. The van der Waals surface area contributed by atoms with E-state index >= 15 is 0 Å². The first kappa shape index (κ1) is 16.6. The van der Waals surface area contributed by atoms with Crippen molar-refractivity contribution in [2.75, 3.05) is 7.11 Å². The normalized spacial score (nSPS) is 15.5. The van der Waals surface area contributed by atoms with Crippen LogP contribution in [0.5, 0.6) is 11.5 Å². The second-order valence-corrected chi connectivity index (χ2v) is 8.31. The lowest BCUT2D eigenvalue weighted by molar-refractivity contribution is 0.158. The van der Waals surface area contributed by atoms with E-state index in [9.17, 15) is 8.42 Å². The Bertz CT molecular complexity index is 907. The average molecular weight is 344 g/mol. The molecule has 24 heavy (non-hydrogen) atoms. The Hall–Kier alpha value is -2.27. The number of fused-ring (bicyclic) bond motifs is 1. The molecule has 0 spiro atoms. The monoisotopic (exact) mass is 344 g/mol. The summed E-state index contributed by atoms with van der Waals surface area (Å²) in [5, 5.41) is 0. The molecule has 0 radical (unpaired) electrons. The van der Waals surface area contributed by atoms with Gasteiger partial charge in [0.1, 0.15) is 22.0 Å². The fourth-order valence-electron chi connectivity index (χ4n) is 2.60. The van der Waals surface area contributed by atoms with Crippen molar-refractivity contribution in [3.8, 4) is 11.5 Å². The van der Waals surface area contributed by atoms with Gasteiger partial charge in [0.05, 0.1) is 12.0 Å². The van der Waals surface area contributed by atoms with Crippen LogP contribution in [-0.4, -0.2) is 21.1 Å². The molecule has 0 aliphatic carbocycles. The Kier molecular flexibility index (Phi) is 3.92. The molecule has 5 heteroatoms. The number of methoxy groups -OCH3 is 1. The molecule has 0 bridgehead atoms. The zero-order chi connectivity index (χ0) is 17.5. The van der Waals surface area contributed by atoms with Gasteiger partial charge >= 0.3 is 0 Å². The first-order chi connectivity index (χ1) is 11.2. The second kappa shape index (κ2) is 5.67. The van der Waals surface area contributed by atoms with Crippen LogP contribution >= 0.6 is 0 Å². The van der Waals surface area contributed by atoms with Crippen molar-refractivity contribution in [3.63, 3.8) is 0 Å². The highest BCUT2D eigenvalue weighted by Crippen LogP contribution is 2.39. The Labute approximate surface area is 142 Å². The maximum absolute atomic E-state index is 13.0. The van der Waals surface area contributed by atoms with E-state index in [0.717, 1.165) is 11.1 Å². The summed E-state index contributed by atoms with van der Waals surface area (Å²) >= 11 is 0. The first-order valence-corrected chi connectivity index (χ1v) is 9.13. The van der Waals surface area contributed by atoms with E-state index in [1.807, 2.05) is 32.9 Å². The van der Waals surface area contributed by atoms with Gasteiger partial charge in [0.25, 0.3) is 0 Å². The van der Waals surface area contributed by atoms with Crippen LogP contribution < -0.4 is 9.47 Å². The van der Waals surface area contributed by atoms with Gasteiger partial charge in [-0.1, -0.05) is 23.8 Å². The molecule has 4 nitrogen and oxygen atoms in total. The quantitative estimate of drug-likeness (QED) is 0.844. The summed E-state index contributed by atoms with van der Waals surface area (Å²) in [6.45, 7) is 5.80. The van der Waals surface area contributed by atoms with Crippen LogP contribution in [0, 0.1) is 6.92 Å². The largest absolute Gasteiger partial charge is 0.495 e. The van der Waals surface area contributed by atoms with Gasteiger partial charge in [-0.05, 0) is 45.0 Å². The molecule has 2 aromatic carbocycles. The van der Waals surface area contributed by atoms with E-state index in [1.165, 1.54) is 7.11 Å². The van der Waals surface area contributed by atoms with Crippen molar-refractivity contribution >= 4 is 15.9 Å². The lowest BCUT2D eigenvalue weighted by atomic mass is 10.0. The minimum Gasteiger partial charge on any atom is -0.495 e. The highest BCUT2D eigenvalue weighted by molar-refractivity contribution is 7.91. The molecule has 126 valence electrons. The Balaban J connectivity index is 2.16. The Morgan fingerprint density at radius 3 is 2.38 bits per heavy atom. The molecule has 0 atom stereocenters. The zero-order valence-electron chi connectivity index (χ0n) is 14.2. The van der Waals surface area contributed by atoms with Crippen LogP contribution in [0.15, 0.2) is 52.3 Å². The number of benzene rings is 2. The van der Waals surface area contributed by atoms with E-state index in [2.05, 4.69) is 0 Å². The third-order valence-electron chi connectivity index (χ3n) is 3.95. The smallest absolute Gasteiger partial charge is 0.210 e. The summed E-state index contributed by atoms with van der Waals surface area (Å²) in [5.74, 6) is 0.891. The molecule has 0 unspecified atom stereocenters. The molecule has 1 heterocycles. The Morgan fingerprint density at radius 2 is 1.75 bits per heavy atom. The molecule has 0 amide bonds. The second-order valence-electron chi connectivity index (χ2n) is 6.40. The number of aryl methyl sites for hydroxylation is 1. The molecule has 3 rings (SSSR count). The van der Waals surface area contributed by atoms with E-state index in [4.69, 9.17) is 9.47 Å². The molecular formula is C19H20O4S. The summed E-state index contributed by atoms with van der Waals surface area (Å²) in [6, 6.07) is 10.0. The zero-order valence-corrected chi connectivity index (χ0v) is 15.0. The lowest BCUT2D eigenvalue weighted by Crippen LogP contribution is -2.27. The molecule has 1 aliphatic heterocycles. The van der Waals surface area contributed by atoms with Gasteiger partial charge in [-0.3, -0.25) is 0 Å². The van der Waals surface area contributed by atoms with Gasteiger partial charge in [0, 0.05) is 11.6 Å². The standard InChI is InChI=1S/C19H20O4S/c1-13-5-7-15(8-6-13)24(20,21)18-11-14-9-10-19(2,3)23-16(14)12-17(18)22-4/h5-12H,1-4H3. The van der Waals surface area contributed by atoms with E-state index in [1.54, 1.807) is 36.4 Å². The average Bonchev–Trinajstić information content (AvgIpc) is 2.53. The van der Waals surface area contributed by atoms with E-state index in [0.29, 0.717) is 5.75 Å². The molecular weight excluding hydrogens is 324 g/mol. The predicted octanol–water partition coefficient (Wildman–Crippen LogP) is 4.02. The third-order valence-corrected chi connectivity index (χ3v) is 5.74. The molecule has 0 fully saturated rings. The fourth-order valence-corrected chi connectivity index (χ4v) is 4.04. The van der Waals surface area contributed by atoms with Crippen molar-refractivity contribution in [2.45, 2.75) is 36.2 Å². The summed E-state index contributed by atoms with van der Waals surface area (Å²) in [6.07, 6.45) is 3.79. The van der Waals surface area contributed by atoms with Crippen LogP contribution in [0.2, 0.25) is 0 Å². The van der Waals surface area contributed by atoms with Crippen molar-refractivity contribution in [3.05, 3.63) is 53.6 Å². The number of rotatable bonds is 3. The molecule has 2 aromatic rings. The van der Waals surface area contributed by atoms with Crippen molar-refractivity contribution in [1.29, 1.82) is 0 Å². The lowest BCUT2D eigenvalue weighted by Gasteiger charge is -2.28. The minimum absolute atomic E-state index is 0.139. The van der Waals surface area contributed by atoms with Crippen LogP contribution in [0.25, 0.3) is 6.08 Å². The van der Waals surface area contributed by atoms with E-state index < -0.39 is 15.4 Å². The highest BCUT2D eigenvalue weighted by Gasteiger charge is 2.28. The SMILES string of the molecule is COc1cc2c(cc1S(=O)(=O)c1ccc(C)cc1)C=CC(C)(C)O2. The molecule has 1 aliphatic rings. The van der Waals surface area contributed by atoms with Gasteiger partial charge in [-0.15, -0.1) is 0 Å². The summed E-state index contributed by atoms with van der Waals surface area (Å²) in [7, 11) is -2.22. The summed E-state index contributed by atoms with van der Waals surface area (Å²) in [5.41, 5.74) is 1.29. The highest BCUT2D eigenvalue weighted by atomic mass is 32.2. The fraction of sp³-hybridized carbons (Fsp3) is 0.263. The van der Waals surface area contributed by atoms with Gasteiger partial charge in [0.15, 0.2) is 0 Å². The van der Waals surface area contributed by atoms with Gasteiger partial charge in [-0.25, -0.2) is 8.42 Å². The molecule has 0 saturated heterocycles. The Morgan fingerprint density at radius 1 is 1.08 bits per heavy atom. The van der Waals surface area contributed by atoms with Crippen LogP contribution in [0.1, 0.15) is 25.0 Å². The maximum atomic E-state index is 13.0. The number of hydrogen-bond acceptors (Lipinski definition) is 4. The van der Waals surface area contributed by atoms with Gasteiger partial charge in [-0.2, -0.15) is 0 Å². The van der Waals surface area contributed by atoms with Gasteiger partial charge in [0.2, 0.25) is 9.84 Å². The minimum atomic E-state index is -3.68. The van der Waals surface area contributed by atoms with Crippen LogP contribution in [0.3, 0.4) is 0 Å². The van der Waals surface area contributed by atoms with Crippen molar-refractivity contribution in [2.24, 2.45) is 0 Å². The predicted molar refractivity (Wildman–Crippen MR) is 93.4 cm³/mol. The summed E-state index contributed by atoms with van der Waals surface area (Å²) < 4.78 is 37.2. The topological polar surface area (TPSA) is 52.6 Å². The number of hydrogen-bond donors (Lipinski definition) is 0. The maximum Gasteiger partial charge on any atom is 0.210 e. The first-order valence-electron chi connectivity index (χ1n) is 7.65. The van der Waals surface area contributed by atoms with Crippen LogP contribution in [0.4, 0.5) is 0 Å². The van der Waals surface area contributed by atoms with Gasteiger partial charge < -0.3 is 9.47 Å². The molecule has 0 saturated carbocycles. The van der Waals surface area contributed by atoms with Crippen LogP contribution in [-0.2, 0) is 9.84 Å². The molecule has 0 aromatic heterocycles. The van der Waals surface area contributed by atoms with Crippen molar-refractivity contribution in [1.82, 2.24) is 0 Å². The van der Waals surface area contributed by atoms with Crippen molar-refractivity contribution < 1.29 is 17.9 Å².